The topological polar surface area (TPSA) is 33.1 Å². The summed E-state index contributed by atoms with van der Waals surface area (Å²) < 4.78 is 0.117. The van der Waals surface area contributed by atoms with Crippen LogP contribution in [0.25, 0.3) is 0 Å². The van der Waals surface area contributed by atoms with E-state index in [1.165, 1.54) is 0 Å². The molecule has 1 aromatic heterocycles. The molecule has 2 atom stereocenters. The van der Waals surface area contributed by atoms with Crippen LogP contribution < -0.4 is 0 Å². The van der Waals surface area contributed by atoms with Gasteiger partial charge < -0.3 is 0 Å². The van der Waals surface area contributed by atoms with E-state index in [4.69, 9.17) is 0 Å². The summed E-state index contributed by atoms with van der Waals surface area (Å²) in [6, 6.07) is 4.18. The molecule has 1 N–H and O–H groups in total. The molecule has 2 rings (SSSR count). The van der Waals surface area contributed by atoms with Crippen LogP contribution in [0.2, 0.25) is 0 Å². The van der Waals surface area contributed by atoms with Gasteiger partial charge in [-0.2, -0.15) is 4.65 Å². The van der Waals surface area contributed by atoms with Crippen molar-refractivity contribution in [2.75, 3.05) is 13.6 Å². The highest BCUT2D eigenvalue weighted by Gasteiger charge is 2.38. The van der Waals surface area contributed by atoms with Gasteiger partial charge in [-0.1, -0.05) is 0 Å². The molecule has 2 heterocycles. The molecular weight excluding hydrogens is 164 g/mol. The van der Waals surface area contributed by atoms with Crippen LogP contribution in [0, 0.1) is 0 Å². The monoisotopic (exact) mass is 179 g/mol. The largest absolute Gasteiger partial charge is 0.264 e. The van der Waals surface area contributed by atoms with Gasteiger partial charge in [0.2, 0.25) is 0 Å². The smallest absolute Gasteiger partial charge is 0.146 e. The van der Waals surface area contributed by atoms with Crippen molar-refractivity contribution in [1.82, 2.24) is 4.98 Å². The van der Waals surface area contributed by atoms with Crippen molar-refractivity contribution in [2.45, 2.75) is 18.9 Å². The van der Waals surface area contributed by atoms with E-state index in [9.17, 15) is 5.21 Å². The lowest BCUT2D eigenvalue weighted by molar-refractivity contribution is -1.10. The van der Waals surface area contributed by atoms with Crippen molar-refractivity contribution in [3.05, 3.63) is 30.1 Å². The third-order valence-electron chi connectivity index (χ3n) is 2.83. The predicted molar refractivity (Wildman–Crippen MR) is 49.0 cm³/mol. The third-order valence-corrected chi connectivity index (χ3v) is 2.83. The average molecular weight is 179 g/mol. The first-order valence-corrected chi connectivity index (χ1v) is 4.68. The summed E-state index contributed by atoms with van der Waals surface area (Å²) in [6.07, 6.45) is 5.76. The van der Waals surface area contributed by atoms with Crippen LogP contribution in [0.3, 0.4) is 0 Å². The first-order valence-electron chi connectivity index (χ1n) is 4.68. The quantitative estimate of drug-likeness (QED) is 0.666. The van der Waals surface area contributed by atoms with Gasteiger partial charge >= 0.3 is 0 Å². The maximum absolute atomic E-state index is 10.0. The van der Waals surface area contributed by atoms with E-state index in [1.54, 1.807) is 6.20 Å². The second kappa shape index (κ2) is 3.09. The Morgan fingerprint density at radius 2 is 2.46 bits per heavy atom. The fourth-order valence-electron chi connectivity index (χ4n) is 2.10. The van der Waals surface area contributed by atoms with Crippen molar-refractivity contribution < 1.29 is 9.85 Å². The molecule has 0 spiro atoms. The zero-order valence-corrected chi connectivity index (χ0v) is 7.85. The Kier molecular flexibility index (Phi) is 2.06. The molecule has 3 nitrogen and oxygen atoms in total. The molecular formula is C10H15N2O+. The normalized spacial score (nSPS) is 33.5. The highest BCUT2D eigenvalue weighted by atomic mass is 16.5. The molecule has 1 aromatic rings. The highest BCUT2D eigenvalue weighted by Crippen LogP contribution is 2.34. The molecule has 3 heteroatoms. The van der Waals surface area contributed by atoms with E-state index in [1.807, 2.05) is 25.4 Å². The van der Waals surface area contributed by atoms with Gasteiger partial charge in [-0.05, 0) is 12.1 Å². The zero-order valence-electron chi connectivity index (χ0n) is 7.85. The molecule has 0 aliphatic carbocycles. The van der Waals surface area contributed by atoms with Crippen LogP contribution in [-0.4, -0.2) is 28.4 Å². The lowest BCUT2D eigenvalue weighted by atomic mass is 10.1. The highest BCUT2D eigenvalue weighted by molar-refractivity contribution is 5.12. The number of hydrogen-bond donors (Lipinski definition) is 1. The summed E-state index contributed by atoms with van der Waals surface area (Å²) in [4.78, 5) is 4.07. The maximum Gasteiger partial charge on any atom is 0.146 e. The van der Waals surface area contributed by atoms with Gasteiger partial charge in [-0.3, -0.25) is 4.98 Å². The SMILES string of the molecule is C[N@+]1(O)CCC[C@H]1c1cccnc1. The van der Waals surface area contributed by atoms with Crippen LogP contribution in [0.15, 0.2) is 24.5 Å². The predicted octanol–water partition coefficient (Wildman–Crippen LogP) is 1.75. The van der Waals surface area contributed by atoms with Crippen molar-refractivity contribution in [2.24, 2.45) is 0 Å². The molecule has 0 unspecified atom stereocenters. The van der Waals surface area contributed by atoms with E-state index in [-0.39, 0.29) is 10.7 Å². The van der Waals surface area contributed by atoms with Gasteiger partial charge in [-0.15, -0.1) is 0 Å². The molecule has 0 saturated carbocycles. The Morgan fingerprint density at radius 3 is 3.00 bits per heavy atom. The van der Waals surface area contributed by atoms with Crippen molar-refractivity contribution >= 4 is 0 Å². The summed E-state index contributed by atoms with van der Waals surface area (Å²) in [5.74, 6) is 0. The fourth-order valence-corrected chi connectivity index (χ4v) is 2.10. The molecule has 0 aromatic carbocycles. The molecule has 0 amide bonds. The van der Waals surface area contributed by atoms with Crippen LogP contribution in [0.4, 0.5) is 0 Å². The van der Waals surface area contributed by atoms with Gasteiger partial charge in [0.05, 0.1) is 7.05 Å². The number of hydroxylamine groups is 3. The van der Waals surface area contributed by atoms with Gasteiger partial charge in [-0.25, -0.2) is 5.21 Å². The Bertz CT molecular complexity index is 284. The Morgan fingerprint density at radius 1 is 1.62 bits per heavy atom. The Hall–Kier alpha value is -0.930. The first kappa shape index (κ1) is 8.66. The number of likely N-dealkylation sites (tertiary alicyclic amines) is 1. The van der Waals surface area contributed by atoms with Crippen molar-refractivity contribution in [3.63, 3.8) is 0 Å². The fraction of sp³-hybridized carbons (Fsp3) is 0.500. The maximum atomic E-state index is 10.0. The standard InChI is InChI=1S/C10H15N2O/c1-12(13)7-3-5-10(12)9-4-2-6-11-8-9/h2,4,6,8,10,13H,3,5,7H2,1H3/q+1/t10-,12-/m0/s1. The van der Waals surface area contributed by atoms with E-state index in [0.29, 0.717) is 0 Å². The second-order valence-electron chi connectivity index (χ2n) is 3.88. The minimum atomic E-state index is 0.117. The van der Waals surface area contributed by atoms with Gasteiger partial charge in [0.15, 0.2) is 0 Å². The second-order valence-corrected chi connectivity index (χ2v) is 3.88. The summed E-state index contributed by atoms with van der Waals surface area (Å²) in [5.41, 5.74) is 1.14. The molecule has 1 saturated heterocycles. The first-order chi connectivity index (χ1) is 6.20. The van der Waals surface area contributed by atoms with Crippen LogP contribution >= 0.6 is 0 Å². The van der Waals surface area contributed by atoms with Crippen LogP contribution in [0.5, 0.6) is 0 Å². The number of nitrogens with zero attached hydrogens (tertiary/aromatic N) is 2. The lowest BCUT2D eigenvalue weighted by Gasteiger charge is -2.26. The number of rotatable bonds is 1. The molecule has 13 heavy (non-hydrogen) atoms. The zero-order chi connectivity index (χ0) is 9.31. The number of hydrogen-bond acceptors (Lipinski definition) is 2. The van der Waals surface area contributed by atoms with Crippen LogP contribution in [0.1, 0.15) is 24.4 Å². The summed E-state index contributed by atoms with van der Waals surface area (Å²) >= 11 is 0. The Labute approximate surface area is 78.2 Å². The molecule has 70 valence electrons. The van der Waals surface area contributed by atoms with E-state index >= 15 is 0 Å². The van der Waals surface area contributed by atoms with Gasteiger partial charge in [0.1, 0.15) is 12.6 Å². The van der Waals surface area contributed by atoms with E-state index in [0.717, 1.165) is 24.9 Å². The summed E-state index contributed by atoms with van der Waals surface area (Å²) in [7, 11) is 1.87. The minimum absolute atomic E-state index is 0.117. The van der Waals surface area contributed by atoms with Gasteiger partial charge in [0, 0.05) is 30.8 Å². The molecule has 1 aliphatic heterocycles. The van der Waals surface area contributed by atoms with Crippen molar-refractivity contribution in [1.29, 1.82) is 0 Å². The number of pyridine rings is 1. The number of quaternary nitrogens is 1. The third kappa shape index (κ3) is 1.57. The molecule has 0 bridgehead atoms. The van der Waals surface area contributed by atoms with Crippen LogP contribution in [-0.2, 0) is 0 Å². The minimum Gasteiger partial charge on any atom is -0.264 e. The lowest BCUT2D eigenvalue weighted by Crippen LogP contribution is -2.39. The molecule has 1 fully saturated rings. The Balaban J connectivity index is 2.27. The molecule has 1 aliphatic rings. The molecule has 0 radical (unpaired) electrons. The summed E-state index contributed by atoms with van der Waals surface area (Å²) in [6.45, 7) is 0.847. The average Bonchev–Trinajstić information content (AvgIpc) is 2.47. The van der Waals surface area contributed by atoms with E-state index in [2.05, 4.69) is 4.98 Å². The van der Waals surface area contributed by atoms with Gasteiger partial charge in [0.25, 0.3) is 0 Å². The van der Waals surface area contributed by atoms with E-state index < -0.39 is 0 Å². The summed E-state index contributed by atoms with van der Waals surface area (Å²) in [5, 5.41) is 10.0. The van der Waals surface area contributed by atoms with Crippen molar-refractivity contribution in [3.8, 4) is 0 Å². The number of aromatic nitrogens is 1.